The summed E-state index contributed by atoms with van der Waals surface area (Å²) >= 11 is 6.71. The summed E-state index contributed by atoms with van der Waals surface area (Å²) in [5.41, 5.74) is 0.330. The van der Waals surface area contributed by atoms with Gasteiger partial charge in [0.25, 0.3) is 10.0 Å². The number of thiophene rings is 1. The van der Waals surface area contributed by atoms with Gasteiger partial charge in [-0.05, 0) is 18.2 Å². The first kappa shape index (κ1) is 14.5. The van der Waals surface area contributed by atoms with Gasteiger partial charge in [0.2, 0.25) is 0 Å². The van der Waals surface area contributed by atoms with Gasteiger partial charge in [0.05, 0.1) is 4.34 Å². The van der Waals surface area contributed by atoms with E-state index in [1.54, 1.807) is 18.2 Å². The summed E-state index contributed by atoms with van der Waals surface area (Å²) in [6.07, 6.45) is 0. The molecule has 0 saturated carbocycles. The first-order valence-electron chi connectivity index (χ1n) is 5.36. The second-order valence-electron chi connectivity index (χ2n) is 3.91. The average Bonchev–Trinajstić information content (AvgIpc) is 2.79. The van der Waals surface area contributed by atoms with Crippen molar-refractivity contribution in [2.24, 2.45) is 0 Å². The van der Waals surface area contributed by atoms with Crippen LogP contribution >= 0.6 is 22.9 Å². The van der Waals surface area contributed by atoms with Crippen molar-refractivity contribution in [2.45, 2.75) is 10.8 Å². The Kier molecular flexibility index (Phi) is 4.25. The molecule has 3 nitrogen and oxygen atoms in total. The molecule has 0 bridgehead atoms. The van der Waals surface area contributed by atoms with Gasteiger partial charge in [0.1, 0.15) is 10.0 Å². The van der Waals surface area contributed by atoms with Gasteiger partial charge in [-0.1, -0.05) is 29.8 Å². The Bertz CT molecular complexity index is 685. The molecule has 0 aliphatic carbocycles. The highest BCUT2D eigenvalue weighted by Crippen LogP contribution is 2.28. The van der Waals surface area contributed by atoms with E-state index in [0.29, 0.717) is 9.90 Å². The van der Waals surface area contributed by atoms with E-state index < -0.39 is 15.8 Å². The van der Waals surface area contributed by atoms with Crippen LogP contribution in [0.25, 0.3) is 0 Å². The van der Waals surface area contributed by atoms with Crippen molar-refractivity contribution in [3.05, 3.63) is 52.1 Å². The molecule has 7 heteroatoms. The van der Waals surface area contributed by atoms with Gasteiger partial charge < -0.3 is 0 Å². The molecule has 0 unspecified atom stereocenters. The summed E-state index contributed by atoms with van der Waals surface area (Å²) < 4.78 is 39.6. The number of nitrogens with zero attached hydrogens (tertiary/aromatic N) is 1. The second-order valence-corrected chi connectivity index (χ2v) is 7.90. The lowest BCUT2D eigenvalue weighted by atomic mass is 10.2. The number of halogens is 2. The van der Waals surface area contributed by atoms with Crippen LogP contribution in [0.3, 0.4) is 0 Å². The minimum atomic E-state index is -3.63. The van der Waals surface area contributed by atoms with Crippen molar-refractivity contribution in [1.82, 2.24) is 4.31 Å². The zero-order valence-corrected chi connectivity index (χ0v) is 12.4. The minimum Gasteiger partial charge on any atom is -0.207 e. The van der Waals surface area contributed by atoms with Crippen LogP contribution in [0.4, 0.5) is 4.39 Å². The van der Waals surface area contributed by atoms with Gasteiger partial charge in [0, 0.05) is 19.2 Å². The number of hydrogen-bond acceptors (Lipinski definition) is 3. The molecular formula is C12H11ClFNO2S2. The molecule has 0 N–H and O–H groups in total. The molecule has 1 aromatic heterocycles. The summed E-state index contributed by atoms with van der Waals surface area (Å²) in [5, 5.41) is 0. The summed E-state index contributed by atoms with van der Waals surface area (Å²) in [5.74, 6) is -0.422. The zero-order chi connectivity index (χ0) is 14.0. The van der Waals surface area contributed by atoms with Crippen molar-refractivity contribution >= 4 is 33.0 Å². The molecule has 0 fully saturated rings. The lowest BCUT2D eigenvalue weighted by molar-refractivity contribution is 0.458. The standard InChI is InChI=1S/C12H11ClFNO2S2/c1-15(8-9-4-2-3-5-10(9)14)19(16,17)12-7-6-11(13)18-12/h2-7H,8H2,1H3. The molecular weight excluding hydrogens is 309 g/mol. The first-order chi connectivity index (χ1) is 8.91. The maximum atomic E-state index is 13.5. The predicted octanol–water partition coefficient (Wildman–Crippen LogP) is 3.36. The molecule has 0 spiro atoms. The van der Waals surface area contributed by atoms with Crippen molar-refractivity contribution in [3.63, 3.8) is 0 Å². The van der Waals surface area contributed by atoms with E-state index in [0.717, 1.165) is 15.6 Å². The van der Waals surface area contributed by atoms with Crippen molar-refractivity contribution in [3.8, 4) is 0 Å². The summed E-state index contributed by atoms with van der Waals surface area (Å²) in [6.45, 7) is -0.0233. The van der Waals surface area contributed by atoms with Crippen molar-refractivity contribution in [2.75, 3.05) is 7.05 Å². The van der Waals surface area contributed by atoms with Gasteiger partial charge >= 0.3 is 0 Å². The van der Waals surface area contributed by atoms with Gasteiger partial charge in [-0.3, -0.25) is 0 Å². The molecule has 0 aliphatic heterocycles. The monoisotopic (exact) mass is 319 g/mol. The van der Waals surface area contributed by atoms with Crippen LogP contribution in [0, 0.1) is 5.82 Å². The lowest BCUT2D eigenvalue weighted by Gasteiger charge is -2.16. The molecule has 0 amide bonds. The minimum absolute atomic E-state index is 0.0233. The third-order valence-corrected chi connectivity index (χ3v) is 6.07. The molecule has 2 rings (SSSR count). The zero-order valence-electron chi connectivity index (χ0n) is 10.0. The highest BCUT2D eigenvalue weighted by Gasteiger charge is 2.23. The Morgan fingerprint density at radius 3 is 2.53 bits per heavy atom. The van der Waals surface area contributed by atoms with Crippen LogP contribution in [-0.2, 0) is 16.6 Å². The van der Waals surface area contributed by atoms with Gasteiger partial charge in [-0.2, -0.15) is 4.31 Å². The Balaban J connectivity index is 2.25. The van der Waals surface area contributed by atoms with Crippen LogP contribution in [0.1, 0.15) is 5.56 Å². The Morgan fingerprint density at radius 1 is 1.26 bits per heavy atom. The molecule has 102 valence electrons. The fourth-order valence-electron chi connectivity index (χ4n) is 1.54. The van der Waals surface area contributed by atoms with Crippen LogP contribution in [0.2, 0.25) is 4.34 Å². The third kappa shape index (κ3) is 3.14. The summed E-state index contributed by atoms with van der Waals surface area (Å²) in [4.78, 5) is 0. The molecule has 0 atom stereocenters. The van der Waals surface area contributed by atoms with E-state index in [9.17, 15) is 12.8 Å². The van der Waals surface area contributed by atoms with Crippen LogP contribution in [-0.4, -0.2) is 19.8 Å². The molecule has 1 heterocycles. The van der Waals surface area contributed by atoms with Gasteiger partial charge in [-0.25, -0.2) is 12.8 Å². The number of hydrogen-bond donors (Lipinski definition) is 0. The highest BCUT2D eigenvalue weighted by molar-refractivity contribution is 7.91. The van der Waals surface area contributed by atoms with E-state index in [2.05, 4.69) is 0 Å². The number of sulfonamides is 1. The summed E-state index contributed by atoms with van der Waals surface area (Å²) in [6, 6.07) is 9.06. The first-order valence-corrected chi connectivity index (χ1v) is 8.00. The Hall–Kier alpha value is -0.950. The molecule has 1 aromatic carbocycles. The number of rotatable bonds is 4. The fourth-order valence-corrected chi connectivity index (χ4v) is 4.38. The normalized spacial score (nSPS) is 12.0. The topological polar surface area (TPSA) is 37.4 Å². The largest absolute Gasteiger partial charge is 0.252 e. The smallest absolute Gasteiger partial charge is 0.207 e. The van der Waals surface area contributed by atoms with E-state index in [1.807, 2.05) is 0 Å². The van der Waals surface area contributed by atoms with E-state index in [-0.39, 0.29) is 10.8 Å². The predicted molar refractivity (Wildman–Crippen MR) is 74.4 cm³/mol. The molecule has 0 aliphatic rings. The van der Waals surface area contributed by atoms with Crippen LogP contribution < -0.4 is 0 Å². The second kappa shape index (κ2) is 5.58. The SMILES string of the molecule is CN(Cc1ccccc1F)S(=O)(=O)c1ccc(Cl)s1. The van der Waals surface area contributed by atoms with Gasteiger partial charge in [0.15, 0.2) is 0 Å². The quantitative estimate of drug-likeness (QED) is 0.866. The van der Waals surface area contributed by atoms with E-state index in [4.69, 9.17) is 11.6 Å². The molecule has 0 saturated heterocycles. The summed E-state index contributed by atoms with van der Waals surface area (Å²) in [7, 11) is -2.22. The van der Waals surface area contributed by atoms with Crippen LogP contribution in [0.5, 0.6) is 0 Å². The van der Waals surface area contributed by atoms with Crippen molar-refractivity contribution in [1.29, 1.82) is 0 Å². The van der Waals surface area contributed by atoms with Crippen LogP contribution in [0.15, 0.2) is 40.6 Å². The maximum Gasteiger partial charge on any atom is 0.252 e. The molecule has 2 aromatic rings. The highest BCUT2D eigenvalue weighted by atomic mass is 35.5. The lowest BCUT2D eigenvalue weighted by Crippen LogP contribution is -2.26. The molecule has 0 radical (unpaired) electrons. The molecule has 19 heavy (non-hydrogen) atoms. The Labute approximate surface area is 120 Å². The van der Waals surface area contributed by atoms with E-state index >= 15 is 0 Å². The number of benzene rings is 1. The average molecular weight is 320 g/mol. The van der Waals surface area contributed by atoms with E-state index in [1.165, 1.54) is 25.2 Å². The van der Waals surface area contributed by atoms with Crippen molar-refractivity contribution < 1.29 is 12.8 Å². The Morgan fingerprint density at radius 2 is 1.95 bits per heavy atom. The third-order valence-electron chi connectivity index (χ3n) is 2.56. The fraction of sp³-hybridized carbons (Fsp3) is 0.167. The maximum absolute atomic E-state index is 13.5. The van der Waals surface area contributed by atoms with Gasteiger partial charge in [-0.15, -0.1) is 11.3 Å².